The van der Waals surface area contributed by atoms with Gasteiger partial charge in [-0.25, -0.2) is 0 Å². The van der Waals surface area contributed by atoms with E-state index in [9.17, 15) is 14.7 Å². The van der Waals surface area contributed by atoms with E-state index in [1.807, 2.05) is 30.5 Å². The van der Waals surface area contributed by atoms with Gasteiger partial charge in [-0.2, -0.15) is 0 Å². The van der Waals surface area contributed by atoms with Crippen LogP contribution in [0.5, 0.6) is 0 Å². The number of nitrogens with one attached hydrogen (secondary N) is 2. The van der Waals surface area contributed by atoms with Crippen molar-refractivity contribution in [3.05, 3.63) is 36.0 Å². The van der Waals surface area contributed by atoms with Crippen molar-refractivity contribution in [1.82, 2.24) is 15.2 Å². The van der Waals surface area contributed by atoms with Crippen LogP contribution in [0.3, 0.4) is 0 Å². The Morgan fingerprint density at radius 3 is 2.73 bits per heavy atom. The number of hydrogen-bond donors (Lipinski definition) is 3. The number of benzene rings is 1. The molecule has 1 aliphatic heterocycles. The van der Waals surface area contributed by atoms with Crippen LogP contribution in [0.15, 0.2) is 30.5 Å². The number of aromatic amines is 1. The first-order chi connectivity index (χ1) is 12.6. The van der Waals surface area contributed by atoms with Crippen LogP contribution < -0.4 is 5.32 Å². The molecule has 4 rings (SSSR count). The predicted octanol–water partition coefficient (Wildman–Crippen LogP) is 2.05. The minimum atomic E-state index is -0.735. The second kappa shape index (κ2) is 7.11. The van der Waals surface area contributed by atoms with Crippen molar-refractivity contribution in [1.29, 1.82) is 0 Å². The van der Waals surface area contributed by atoms with Gasteiger partial charge in [0, 0.05) is 30.6 Å². The minimum absolute atomic E-state index is 0.0579. The highest BCUT2D eigenvalue weighted by atomic mass is 16.3. The molecule has 2 amide bonds. The number of carbonyl (C=O) groups excluding carboxylic acids is 2. The highest BCUT2D eigenvalue weighted by Gasteiger charge is 2.33. The molecule has 0 bridgehead atoms. The Kier molecular flexibility index (Phi) is 4.68. The van der Waals surface area contributed by atoms with E-state index in [4.69, 9.17) is 0 Å². The topological polar surface area (TPSA) is 85.4 Å². The minimum Gasteiger partial charge on any atom is -0.389 e. The van der Waals surface area contributed by atoms with Crippen LogP contribution in [0.25, 0.3) is 10.9 Å². The normalized spacial score (nSPS) is 24.1. The molecule has 2 heterocycles. The Hall–Kier alpha value is -2.34. The molecule has 138 valence electrons. The van der Waals surface area contributed by atoms with Gasteiger partial charge in [-0.05, 0) is 31.4 Å². The van der Waals surface area contributed by atoms with Crippen molar-refractivity contribution >= 4 is 22.7 Å². The molecular formula is C20H25N3O3. The molecule has 2 unspecified atom stereocenters. The number of H-pyrrole nitrogens is 1. The maximum absolute atomic E-state index is 12.9. The van der Waals surface area contributed by atoms with E-state index in [-0.39, 0.29) is 30.3 Å². The van der Waals surface area contributed by atoms with Crippen LogP contribution in [0, 0.1) is 5.92 Å². The van der Waals surface area contributed by atoms with Gasteiger partial charge in [-0.1, -0.05) is 25.0 Å². The van der Waals surface area contributed by atoms with Gasteiger partial charge in [0.15, 0.2) is 0 Å². The standard InChI is InChI=1S/C20H25N3O3/c24-17-12-23(11-9-16(17)22-19(25)14-4-1-2-5-14)20(26)15-7-3-6-13-8-10-21-18(13)15/h3,6-8,10,14,16-17,21,24H,1-2,4-5,9,11-12H2,(H,22,25). The van der Waals surface area contributed by atoms with Crippen molar-refractivity contribution in [2.75, 3.05) is 13.1 Å². The lowest BCUT2D eigenvalue weighted by molar-refractivity contribution is -0.126. The second-order valence-electron chi connectivity index (χ2n) is 7.45. The zero-order valence-electron chi connectivity index (χ0n) is 14.8. The third-order valence-electron chi connectivity index (χ3n) is 5.74. The van der Waals surface area contributed by atoms with Crippen LogP contribution in [0.4, 0.5) is 0 Å². The monoisotopic (exact) mass is 355 g/mol. The van der Waals surface area contributed by atoms with Gasteiger partial charge in [-0.3, -0.25) is 9.59 Å². The molecule has 6 nitrogen and oxygen atoms in total. The first-order valence-electron chi connectivity index (χ1n) is 9.47. The molecule has 0 spiro atoms. The molecule has 6 heteroatoms. The van der Waals surface area contributed by atoms with E-state index in [2.05, 4.69) is 10.3 Å². The summed E-state index contributed by atoms with van der Waals surface area (Å²) in [5.41, 5.74) is 1.44. The number of rotatable bonds is 3. The first-order valence-corrected chi connectivity index (χ1v) is 9.47. The maximum atomic E-state index is 12.9. The average Bonchev–Trinajstić information content (AvgIpc) is 3.34. The van der Waals surface area contributed by atoms with Crippen molar-refractivity contribution < 1.29 is 14.7 Å². The molecule has 1 saturated carbocycles. The summed E-state index contributed by atoms with van der Waals surface area (Å²) in [6.45, 7) is 0.772. The lowest BCUT2D eigenvalue weighted by Gasteiger charge is -2.36. The number of aliphatic hydroxyl groups excluding tert-OH is 1. The van der Waals surface area contributed by atoms with Gasteiger partial charge in [0.2, 0.25) is 5.91 Å². The Balaban J connectivity index is 1.41. The molecule has 1 aliphatic carbocycles. The van der Waals surface area contributed by atoms with Crippen molar-refractivity contribution in [2.45, 2.75) is 44.2 Å². The lowest BCUT2D eigenvalue weighted by Crippen LogP contribution is -2.56. The number of para-hydroxylation sites is 1. The summed E-state index contributed by atoms with van der Waals surface area (Å²) < 4.78 is 0. The third-order valence-corrected chi connectivity index (χ3v) is 5.74. The van der Waals surface area contributed by atoms with Crippen LogP contribution in [0.1, 0.15) is 42.5 Å². The number of aliphatic hydroxyl groups is 1. The van der Waals surface area contributed by atoms with Crippen molar-refractivity contribution in [3.63, 3.8) is 0 Å². The van der Waals surface area contributed by atoms with Crippen LogP contribution in [0.2, 0.25) is 0 Å². The molecule has 1 saturated heterocycles. The Morgan fingerprint density at radius 2 is 1.96 bits per heavy atom. The maximum Gasteiger partial charge on any atom is 0.256 e. The number of carbonyl (C=O) groups is 2. The SMILES string of the molecule is O=C(NC1CCN(C(=O)c2cccc3cc[nH]c23)CC1O)C1CCCC1. The van der Waals surface area contributed by atoms with Crippen LogP contribution in [-0.2, 0) is 4.79 Å². The molecule has 2 fully saturated rings. The summed E-state index contributed by atoms with van der Waals surface area (Å²) in [5, 5.41) is 14.5. The van der Waals surface area contributed by atoms with Gasteiger partial charge in [0.25, 0.3) is 5.91 Å². The summed E-state index contributed by atoms with van der Waals surface area (Å²) in [4.78, 5) is 30.0. The van der Waals surface area contributed by atoms with Crippen molar-refractivity contribution in [2.24, 2.45) is 5.92 Å². The number of amides is 2. The summed E-state index contributed by atoms with van der Waals surface area (Å²) in [6, 6.07) is 7.30. The Morgan fingerprint density at radius 1 is 1.15 bits per heavy atom. The number of hydrogen-bond acceptors (Lipinski definition) is 3. The van der Waals surface area contributed by atoms with E-state index in [0.717, 1.165) is 36.6 Å². The largest absolute Gasteiger partial charge is 0.389 e. The molecule has 3 N–H and O–H groups in total. The fraction of sp³-hybridized carbons (Fsp3) is 0.500. The van der Waals surface area contributed by atoms with Gasteiger partial charge < -0.3 is 20.3 Å². The number of likely N-dealkylation sites (tertiary alicyclic amines) is 1. The number of piperidine rings is 1. The van der Waals surface area contributed by atoms with E-state index < -0.39 is 6.10 Å². The van der Waals surface area contributed by atoms with E-state index >= 15 is 0 Å². The Bertz CT molecular complexity index is 809. The molecule has 2 atom stereocenters. The summed E-state index contributed by atoms with van der Waals surface area (Å²) in [5.74, 6) is 0.0625. The van der Waals surface area contributed by atoms with E-state index in [1.54, 1.807) is 4.90 Å². The van der Waals surface area contributed by atoms with Gasteiger partial charge in [0.05, 0.1) is 23.2 Å². The molecule has 26 heavy (non-hydrogen) atoms. The highest BCUT2D eigenvalue weighted by molar-refractivity contribution is 6.05. The second-order valence-corrected chi connectivity index (χ2v) is 7.45. The number of β-amino-alcohol motifs (C(OH)–C–C–N with tert-alkyl or cyclic N) is 1. The lowest BCUT2D eigenvalue weighted by atomic mass is 9.99. The van der Waals surface area contributed by atoms with Crippen LogP contribution >= 0.6 is 0 Å². The third kappa shape index (κ3) is 3.21. The molecule has 1 aromatic carbocycles. The Labute approximate surface area is 152 Å². The predicted molar refractivity (Wildman–Crippen MR) is 98.7 cm³/mol. The fourth-order valence-electron chi connectivity index (χ4n) is 4.21. The van der Waals surface area contributed by atoms with E-state index in [0.29, 0.717) is 18.5 Å². The summed E-state index contributed by atoms with van der Waals surface area (Å²) in [6.07, 6.45) is 5.77. The summed E-state index contributed by atoms with van der Waals surface area (Å²) >= 11 is 0. The van der Waals surface area contributed by atoms with Gasteiger partial charge >= 0.3 is 0 Å². The van der Waals surface area contributed by atoms with Gasteiger partial charge in [0.1, 0.15) is 0 Å². The number of fused-ring (bicyclic) bond motifs is 1. The van der Waals surface area contributed by atoms with Crippen LogP contribution in [-0.4, -0.2) is 52.0 Å². The quantitative estimate of drug-likeness (QED) is 0.788. The molecule has 2 aromatic rings. The number of nitrogens with zero attached hydrogens (tertiary/aromatic N) is 1. The fourth-order valence-corrected chi connectivity index (χ4v) is 4.21. The summed E-state index contributed by atoms with van der Waals surface area (Å²) in [7, 11) is 0. The smallest absolute Gasteiger partial charge is 0.256 e. The zero-order chi connectivity index (χ0) is 18.1. The molecule has 0 radical (unpaired) electrons. The highest BCUT2D eigenvalue weighted by Crippen LogP contribution is 2.26. The molecule has 1 aromatic heterocycles. The molecular weight excluding hydrogens is 330 g/mol. The van der Waals surface area contributed by atoms with Crippen molar-refractivity contribution in [3.8, 4) is 0 Å². The molecule has 2 aliphatic rings. The van der Waals surface area contributed by atoms with E-state index in [1.165, 1.54) is 0 Å². The average molecular weight is 355 g/mol. The van der Waals surface area contributed by atoms with Gasteiger partial charge in [-0.15, -0.1) is 0 Å². The zero-order valence-corrected chi connectivity index (χ0v) is 14.8. The first kappa shape index (κ1) is 17.1. The number of aromatic nitrogens is 1.